The molecule has 2 aromatic carbocycles. The summed E-state index contributed by atoms with van der Waals surface area (Å²) in [7, 11) is -2.96. The second-order valence-corrected chi connectivity index (χ2v) is 6.85. The van der Waals surface area contributed by atoms with Crippen molar-refractivity contribution < 1.29 is 8.42 Å². The van der Waals surface area contributed by atoms with E-state index in [0.717, 1.165) is 16.5 Å². The van der Waals surface area contributed by atoms with Gasteiger partial charge < -0.3 is 5.32 Å². The topological polar surface area (TPSA) is 46.2 Å². The van der Waals surface area contributed by atoms with Gasteiger partial charge in [0, 0.05) is 23.4 Å². The van der Waals surface area contributed by atoms with Crippen molar-refractivity contribution in [1.29, 1.82) is 0 Å². The van der Waals surface area contributed by atoms with E-state index in [1.807, 2.05) is 49.4 Å². The predicted octanol–water partition coefficient (Wildman–Crippen LogP) is 2.68. The molecule has 1 unspecified atom stereocenters. The van der Waals surface area contributed by atoms with Gasteiger partial charge in [-0.15, -0.1) is 0 Å². The third kappa shape index (κ3) is 3.23. The molecule has 4 heteroatoms. The second kappa shape index (κ2) is 4.98. The molecule has 3 nitrogen and oxygen atoms in total. The van der Waals surface area contributed by atoms with Crippen LogP contribution in [0.4, 0.5) is 5.69 Å². The first-order valence-electron chi connectivity index (χ1n) is 5.88. The molecular weight excluding hydrogens is 246 g/mol. The summed E-state index contributed by atoms with van der Waals surface area (Å²) >= 11 is 0. The van der Waals surface area contributed by atoms with Crippen LogP contribution in [0.2, 0.25) is 0 Å². The number of hydrogen-bond acceptors (Lipinski definition) is 3. The monoisotopic (exact) mass is 263 g/mol. The Hall–Kier alpha value is -1.55. The Morgan fingerprint density at radius 3 is 2.50 bits per heavy atom. The van der Waals surface area contributed by atoms with Gasteiger partial charge in [-0.3, -0.25) is 0 Å². The fourth-order valence-electron chi connectivity index (χ4n) is 2.11. The number of rotatable bonds is 4. The molecule has 2 aromatic rings. The van der Waals surface area contributed by atoms with Crippen molar-refractivity contribution in [1.82, 2.24) is 0 Å². The van der Waals surface area contributed by atoms with E-state index in [2.05, 4.69) is 5.32 Å². The van der Waals surface area contributed by atoms with Crippen LogP contribution in [-0.4, -0.2) is 26.5 Å². The summed E-state index contributed by atoms with van der Waals surface area (Å²) in [5.74, 6) is 0.135. The summed E-state index contributed by atoms with van der Waals surface area (Å²) in [5, 5.41) is 5.52. The quantitative estimate of drug-likeness (QED) is 0.922. The van der Waals surface area contributed by atoms with E-state index in [9.17, 15) is 8.42 Å². The molecule has 0 saturated carbocycles. The highest BCUT2D eigenvalue weighted by atomic mass is 32.2. The van der Waals surface area contributed by atoms with Crippen molar-refractivity contribution in [2.75, 3.05) is 17.3 Å². The molecule has 2 rings (SSSR count). The molecule has 0 saturated heterocycles. The van der Waals surface area contributed by atoms with Crippen LogP contribution < -0.4 is 5.32 Å². The molecule has 0 bridgehead atoms. The van der Waals surface area contributed by atoms with Gasteiger partial charge in [0.25, 0.3) is 0 Å². The summed E-state index contributed by atoms with van der Waals surface area (Å²) in [6.45, 7) is 1.88. The van der Waals surface area contributed by atoms with Crippen LogP contribution in [0.5, 0.6) is 0 Å². The SMILES string of the molecule is CC(CS(C)(=O)=O)Nc1cccc2ccccc12. The lowest BCUT2D eigenvalue weighted by Crippen LogP contribution is -2.25. The number of benzene rings is 2. The van der Waals surface area contributed by atoms with Crippen LogP contribution >= 0.6 is 0 Å². The maximum Gasteiger partial charge on any atom is 0.149 e. The Kier molecular flexibility index (Phi) is 3.57. The van der Waals surface area contributed by atoms with E-state index < -0.39 is 9.84 Å². The molecule has 0 spiro atoms. The number of sulfone groups is 1. The average molecular weight is 263 g/mol. The van der Waals surface area contributed by atoms with Gasteiger partial charge in [-0.05, 0) is 18.4 Å². The minimum absolute atomic E-state index is 0.106. The Morgan fingerprint density at radius 2 is 1.78 bits per heavy atom. The van der Waals surface area contributed by atoms with E-state index in [-0.39, 0.29) is 11.8 Å². The van der Waals surface area contributed by atoms with Gasteiger partial charge in [0.05, 0.1) is 5.75 Å². The van der Waals surface area contributed by atoms with Gasteiger partial charge in [-0.25, -0.2) is 8.42 Å². The maximum atomic E-state index is 11.3. The first-order chi connectivity index (χ1) is 8.46. The van der Waals surface area contributed by atoms with E-state index >= 15 is 0 Å². The fourth-order valence-corrected chi connectivity index (χ4v) is 3.10. The van der Waals surface area contributed by atoms with Crippen molar-refractivity contribution in [3.63, 3.8) is 0 Å². The summed E-state index contributed by atoms with van der Waals surface area (Å²) < 4.78 is 22.5. The van der Waals surface area contributed by atoms with Crippen LogP contribution in [0, 0.1) is 0 Å². The predicted molar refractivity (Wildman–Crippen MR) is 76.7 cm³/mol. The van der Waals surface area contributed by atoms with Gasteiger partial charge >= 0.3 is 0 Å². The van der Waals surface area contributed by atoms with Crippen LogP contribution in [0.3, 0.4) is 0 Å². The lowest BCUT2D eigenvalue weighted by atomic mass is 10.1. The zero-order valence-corrected chi connectivity index (χ0v) is 11.4. The number of hydrogen-bond donors (Lipinski definition) is 1. The van der Waals surface area contributed by atoms with E-state index in [1.165, 1.54) is 6.26 Å². The number of fused-ring (bicyclic) bond motifs is 1. The Bertz CT molecular complexity index is 644. The third-order valence-corrected chi connectivity index (χ3v) is 3.85. The molecule has 0 fully saturated rings. The minimum atomic E-state index is -2.96. The molecule has 0 radical (unpaired) electrons. The molecule has 0 heterocycles. The van der Waals surface area contributed by atoms with Crippen molar-refractivity contribution in [2.45, 2.75) is 13.0 Å². The van der Waals surface area contributed by atoms with Crippen molar-refractivity contribution >= 4 is 26.3 Å². The lowest BCUT2D eigenvalue weighted by molar-refractivity contribution is 0.598. The van der Waals surface area contributed by atoms with Crippen LogP contribution in [0.15, 0.2) is 42.5 Å². The maximum absolute atomic E-state index is 11.3. The molecule has 1 N–H and O–H groups in total. The number of nitrogens with one attached hydrogen (secondary N) is 1. The molecule has 0 aliphatic rings. The zero-order valence-electron chi connectivity index (χ0n) is 10.6. The van der Waals surface area contributed by atoms with Crippen LogP contribution in [0.1, 0.15) is 6.92 Å². The molecule has 18 heavy (non-hydrogen) atoms. The summed E-state index contributed by atoms with van der Waals surface area (Å²) in [6, 6.07) is 13.9. The average Bonchev–Trinajstić information content (AvgIpc) is 2.27. The second-order valence-electron chi connectivity index (χ2n) is 4.66. The van der Waals surface area contributed by atoms with E-state index in [1.54, 1.807) is 0 Å². The van der Waals surface area contributed by atoms with Gasteiger partial charge in [0.2, 0.25) is 0 Å². The molecular formula is C14H17NO2S. The Morgan fingerprint density at radius 1 is 1.11 bits per heavy atom. The molecule has 0 aromatic heterocycles. The van der Waals surface area contributed by atoms with Crippen molar-refractivity contribution in [3.05, 3.63) is 42.5 Å². The van der Waals surface area contributed by atoms with E-state index in [4.69, 9.17) is 0 Å². The fraction of sp³-hybridized carbons (Fsp3) is 0.286. The minimum Gasteiger partial charge on any atom is -0.381 e. The molecule has 96 valence electrons. The van der Waals surface area contributed by atoms with Crippen LogP contribution in [0.25, 0.3) is 10.8 Å². The van der Waals surface area contributed by atoms with E-state index in [0.29, 0.717) is 0 Å². The highest BCUT2D eigenvalue weighted by Gasteiger charge is 2.11. The Balaban J connectivity index is 2.27. The standard InChI is InChI=1S/C14H17NO2S/c1-11(10-18(2,16)17)15-14-9-5-7-12-6-3-4-8-13(12)14/h3-9,11,15H,10H2,1-2H3. The number of anilines is 1. The van der Waals surface area contributed by atoms with Crippen molar-refractivity contribution in [3.8, 4) is 0 Å². The van der Waals surface area contributed by atoms with Crippen LogP contribution in [-0.2, 0) is 9.84 Å². The Labute approximate surface area is 108 Å². The molecule has 0 aliphatic carbocycles. The highest BCUT2D eigenvalue weighted by Crippen LogP contribution is 2.23. The van der Waals surface area contributed by atoms with Gasteiger partial charge in [-0.2, -0.15) is 0 Å². The third-order valence-electron chi connectivity index (χ3n) is 2.74. The van der Waals surface area contributed by atoms with Gasteiger partial charge in [0.15, 0.2) is 0 Å². The van der Waals surface area contributed by atoms with Gasteiger partial charge in [-0.1, -0.05) is 36.4 Å². The van der Waals surface area contributed by atoms with Gasteiger partial charge in [0.1, 0.15) is 9.84 Å². The highest BCUT2D eigenvalue weighted by molar-refractivity contribution is 7.90. The summed E-state index contributed by atoms with van der Waals surface area (Å²) in [5.41, 5.74) is 0.976. The lowest BCUT2D eigenvalue weighted by Gasteiger charge is -2.16. The van der Waals surface area contributed by atoms with Crippen molar-refractivity contribution in [2.24, 2.45) is 0 Å². The summed E-state index contributed by atoms with van der Waals surface area (Å²) in [4.78, 5) is 0. The zero-order chi connectivity index (χ0) is 13.2. The first-order valence-corrected chi connectivity index (χ1v) is 7.94. The summed E-state index contributed by atoms with van der Waals surface area (Å²) in [6.07, 6.45) is 1.26. The smallest absolute Gasteiger partial charge is 0.149 e. The first kappa shape index (κ1) is 12.9. The largest absolute Gasteiger partial charge is 0.381 e. The normalized spacial score (nSPS) is 13.4. The molecule has 1 atom stereocenters. The molecule has 0 aliphatic heterocycles. The molecule has 0 amide bonds.